The molecule has 2 N–H and O–H groups in total. The van der Waals surface area contributed by atoms with Crippen LogP contribution in [0.1, 0.15) is 39.2 Å². The van der Waals surface area contributed by atoms with Crippen LogP contribution in [0.3, 0.4) is 0 Å². The molecule has 1 saturated carbocycles. The largest absolute Gasteiger partial charge is 0.465 e. The van der Waals surface area contributed by atoms with Crippen LogP contribution in [0.5, 0.6) is 0 Å². The van der Waals surface area contributed by atoms with Gasteiger partial charge in [-0.1, -0.05) is 20.8 Å². The van der Waals surface area contributed by atoms with Crippen molar-refractivity contribution in [3.8, 4) is 11.4 Å². The van der Waals surface area contributed by atoms with Gasteiger partial charge >= 0.3 is 6.09 Å². The van der Waals surface area contributed by atoms with E-state index in [-0.39, 0.29) is 11.5 Å². The van der Waals surface area contributed by atoms with Crippen LogP contribution in [0.2, 0.25) is 0 Å². The van der Waals surface area contributed by atoms with Gasteiger partial charge in [0, 0.05) is 25.7 Å². The van der Waals surface area contributed by atoms with Gasteiger partial charge in [0.15, 0.2) is 0 Å². The van der Waals surface area contributed by atoms with E-state index in [1.807, 2.05) is 37.0 Å². The van der Waals surface area contributed by atoms with Crippen molar-refractivity contribution in [1.29, 1.82) is 0 Å². The number of anilines is 1. The van der Waals surface area contributed by atoms with E-state index >= 15 is 0 Å². The smallest absolute Gasteiger partial charge is 0.407 e. The molecule has 0 spiro atoms. The summed E-state index contributed by atoms with van der Waals surface area (Å²) in [4.78, 5) is 13.4. The molecule has 1 aliphatic carbocycles. The fraction of sp³-hybridized carbons (Fsp3) is 0.619. The first-order valence-electron chi connectivity index (χ1n) is 10.2. The number of hydrogen-bond acceptors (Lipinski definition) is 5. The van der Waals surface area contributed by atoms with Gasteiger partial charge in [-0.3, -0.25) is 4.68 Å². The highest BCUT2D eigenvalue weighted by atomic mass is 16.4. The number of likely N-dealkylation sites (tertiary alicyclic amines) is 1. The number of nitrogens with zero attached hydrogens (tertiary/aromatic N) is 5. The Hall–Kier alpha value is -2.64. The number of hydrogen-bond donors (Lipinski definition) is 2. The van der Waals surface area contributed by atoms with Crippen molar-refractivity contribution in [2.24, 2.45) is 24.3 Å². The van der Waals surface area contributed by atoms with Crippen molar-refractivity contribution in [2.75, 3.05) is 11.9 Å². The number of nitrogens with one attached hydrogen (secondary N) is 1. The second kappa shape index (κ2) is 7.00. The van der Waals surface area contributed by atoms with Crippen molar-refractivity contribution in [2.45, 2.75) is 52.6 Å². The number of amides is 1. The molecule has 4 atom stereocenters. The monoisotopic (exact) mass is 398 g/mol. The minimum Gasteiger partial charge on any atom is -0.465 e. The molecule has 2 aromatic rings. The molecule has 8 nitrogen and oxygen atoms in total. The summed E-state index contributed by atoms with van der Waals surface area (Å²) in [6, 6.07) is 4.29. The van der Waals surface area contributed by atoms with Gasteiger partial charge in [0.1, 0.15) is 11.5 Å². The zero-order chi connectivity index (χ0) is 20.9. The number of fused-ring (bicyclic) bond motifs is 1. The molecule has 0 bridgehead atoms. The normalized spacial score (nSPS) is 26.6. The van der Waals surface area contributed by atoms with Gasteiger partial charge in [0.2, 0.25) is 0 Å². The number of carbonyl (C=O) groups is 1. The molecular formula is C21H30N6O2. The van der Waals surface area contributed by atoms with Crippen molar-refractivity contribution < 1.29 is 9.90 Å². The summed E-state index contributed by atoms with van der Waals surface area (Å²) in [5.41, 5.74) is 2.78. The molecule has 0 radical (unpaired) electrons. The Labute approximate surface area is 171 Å². The van der Waals surface area contributed by atoms with E-state index in [0.717, 1.165) is 35.6 Å². The van der Waals surface area contributed by atoms with Gasteiger partial charge in [0.25, 0.3) is 0 Å². The Bertz CT molecular complexity index is 881. The molecule has 1 aliphatic heterocycles. The van der Waals surface area contributed by atoms with Gasteiger partial charge in [-0.05, 0) is 54.7 Å². The quantitative estimate of drug-likeness (QED) is 0.823. The van der Waals surface area contributed by atoms with Crippen LogP contribution >= 0.6 is 0 Å². The van der Waals surface area contributed by atoms with Crippen molar-refractivity contribution in [1.82, 2.24) is 24.9 Å². The third-order valence-corrected chi connectivity index (χ3v) is 6.44. The maximum atomic E-state index is 11.7. The molecule has 3 heterocycles. The first-order chi connectivity index (χ1) is 13.6. The number of rotatable bonds is 3. The summed E-state index contributed by atoms with van der Waals surface area (Å²) >= 11 is 0. The number of aryl methyl sites for hydroxylation is 2. The summed E-state index contributed by atoms with van der Waals surface area (Å²) in [5, 5.41) is 26.2. The highest BCUT2D eigenvalue weighted by Gasteiger charge is 2.52. The molecule has 2 aromatic heterocycles. The van der Waals surface area contributed by atoms with Crippen LogP contribution < -0.4 is 5.32 Å². The van der Waals surface area contributed by atoms with Crippen molar-refractivity contribution in [3.63, 3.8) is 0 Å². The Morgan fingerprint density at radius 3 is 2.55 bits per heavy atom. The highest BCUT2D eigenvalue weighted by Crippen LogP contribution is 2.48. The topological polar surface area (TPSA) is 96.2 Å². The molecule has 29 heavy (non-hydrogen) atoms. The predicted octanol–water partition coefficient (Wildman–Crippen LogP) is 3.40. The van der Waals surface area contributed by atoms with E-state index < -0.39 is 6.09 Å². The average molecular weight is 399 g/mol. The lowest BCUT2D eigenvalue weighted by Gasteiger charge is -2.37. The average Bonchev–Trinajstić information content (AvgIpc) is 3.27. The summed E-state index contributed by atoms with van der Waals surface area (Å²) in [7, 11) is 1.90. The van der Waals surface area contributed by atoms with Crippen LogP contribution in [0.4, 0.5) is 10.6 Å². The Morgan fingerprint density at radius 2 is 2.00 bits per heavy atom. The molecule has 8 heteroatoms. The minimum atomic E-state index is -0.796. The maximum absolute atomic E-state index is 11.7. The van der Waals surface area contributed by atoms with Gasteiger partial charge in [0.05, 0.1) is 11.9 Å². The zero-order valence-corrected chi connectivity index (χ0v) is 17.8. The SMILES string of the molecule is Cc1cnn(C)c1-c1ccc(N[C@H]2C[C@H]3CN(C(=O)O)C(C(C)(C)C)[C@H]3C2)nn1. The van der Waals surface area contributed by atoms with Gasteiger partial charge < -0.3 is 15.3 Å². The summed E-state index contributed by atoms with van der Waals surface area (Å²) in [6.07, 6.45) is 2.95. The fourth-order valence-corrected chi connectivity index (χ4v) is 5.44. The molecule has 0 aromatic carbocycles. The predicted molar refractivity (Wildman–Crippen MR) is 111 cm³/mol. The van der Waals surface area contributed by atoms with Gasteiger partial charge in [-0.25, -0.2) is 4.79 Å². The molecule has 2 aliphatic rings. The van der Waals surface area contributed by atoms with E-state index in [9.17, 15) is 9.90 Å². The van der Waals surface area contributed by atoms with Gasteiger partial charge in [-0.15, -0.1) is 10.2 Å². The van der Waals surface area contributed by atoms with E-state index in [2.05, 4.69) is 41.4 Å². The minimum absolute atomic E-state index is 0.0538. The van der Waals surface area contributed by atoms with Crippen LogP contribution in [0, 0.1) is 24.2 Å². The summed E-state index contributed by atoms with van der Waals surface area (Å²) in [5.74, 6) is 1.55. The third-order valence-electron chi connectivity index (χ3n) is 6.44. The fourth-order valence-electron chi connectivity index (χ4n) is 5.44. The van der Waals surface area contributed by atoms with Crippen molar-refractivity contribution >= 4 is 11.9 Å². The molecule has 4 rings (SSSR count). The third kappa shape index (κ3) is 3.56. The molecule has 156 valence electrons. The van der Waals surface area contributed by atoms with Gasteiger partial charge in [-0.2, -0.15) is 5.10 Å². The first-order valence-corrected chi connectivity index (χ1v) is 10.2. The standard InChI is InChI=1S/C21H30N6O2/c1-12-10-22-26(5)18(12)16-6-7-17(25-24-16)23-14-8-13-11-27(20(28)29)19(15(13)9-14)21(2,3)4/h6-7,10,13-15,19H,8-9,11H2,1-5H3,(H,23,25)(H,28,29)/t13-,14-,15-,19?/m0/s1. The van der Waals surface area contributed by atoms with E-state index in [4.69, 9.17) is 0 Å². The van der Waals surface area contributed by atoms with Crippen LogP contribution in [-0.4, -0.2) is 54.7 Å². The Balaban J connectivity index is 1.45. The molecule has 1 unspecified atom stereocenters. The van der Waals surface area contributed by atoms with E-state index in [1.165, 1.54) is 0 Å². The second-order valence-electron chi connectivity index (χ2n) is 9.59. The summed E-state index contributed by atoms with van der Waals surface area (Å²) < 4.78 is 1.81. The first kappa shape index (κ1) is 19.7. The molecule has 2 fully saturated rings. The number of carboxylic acid groups (broad SMARTS) is 1. The highest BCUT2D eigenvalue weighted by molar-refractivity contribution is 5.66. The van der Waals surface area contributed by atoms with Crippen molar-refractivity contribution in [3.05, 3.63) is 23.9 Å². The maximum Gasteiger partial charge on any atom is 0.407 e. The second-order valence-corrected chi connectivity index (χ2v) is 9.59. The lowest BCUT2D eigenvalue weighted by atomic mass is 9.77. The van der Waals surface area contributed by atoms with Crippen LogP contribution in [0.15, 0.2) is 18.3 Å². The van der Waals surface area contributed by atoms with Crippen LogP contribution in [0.25, 0.3) is 11.4 Å². The Morgan fingerprint density at radius 1 is 1.24 bits per heavy atom. The molecular weight excluding hydrogens is 368 g/mol. The zero-order valence-electron chi connectivity index (χ0n) is 17.8. The molecule has 1 amide bonds. The van der Waals surface area contributed by atoms with Crippen LogP contribution in [-0.2, 0) is 7.05 Å². The summed E-state index contributed by atoms with van der Waals surface area (Å²) in [6.45, 7) is 9.06. The van der Waals surface area contributed by atoms with E-state index in [1.54, 1.807) is 4.90 Å². The van der Waals surface area contributed by atoms with E-state index in [0.29, 0.717) is 24.4 Å². The molecule has 1 saturated heterocycles. The number of aromatic nitrogens is 4. The lowest BCUT2D eigenvalue weighted by Crippen LogP contribution is -2.46. The lowest BCUT2D eigenvalue weighted by molar-refractivity contribution is 0.0896. The Kier molecular flexibility index (Phi) is 4.75.